The van der Waals surface area contributed by atoms with Crippen molar-refractivity contribution >= 4 is 44.0 Å². The minimum absolute atomic E-state index is 0.129. The molecule has 270 valence electrons. The summed E-state index contributed by atoms with van der Waals surface area (Å²) in [4.78, 5) is 0. The van der Waals surface area contributed by atoms with Gasteiger partial charge in [-0.3, -0.25) is 0 Å². The quantitative estimate of drug-likeness (QED) is 0.104. The molecule has 0 aliphatic rings. The molecule has 0 amide bonds. The van der Waals surface area contributed by atoms with Crippen LogP contribution in [0.2, 0.25) is 0 Å². The molecule has 0 N–H and O–H groups in total. The van der Waals surface area contributed by atoms with Gasteiger partial charge >= 0.3 is 5.51 Å². The standard InChI is InChI=1S/C32H22F2N2O2S.C8H7F3O2S/c33-31-13-5-23(6-14-31)1-9-27-17-25(19-35)3-11-29(27)21-39(37,38)22-30-12-4-26(20-36)18-28(30)10-2-24-7-15-32(34)16-8-24;9-8(10,11)14(12,13)6-7-4-2-1-3-5-7/h1-18H,21-22H2;1-5H,6H2/b9-1+,10-2?;. The van der Waals surface area contributed by atoms with E-state index in [1.165, 1.54) is 48.5 Å². The molecule has 53 heavy (non-hydrogen) atoms. The first kappa shape index (κ1) is 39.9. The lowest BCUT2D eigenvalue weighted by Crippen LogP contribution is -2.24. The number of hydrogen-bond acceptors (Lipinski definition) is 6. The zero-order valence-electron chi connectivity index (χ0n) is 27.6. The third-order valence-corrected chi connectivity index (χ3v) is 10.4. The van der Waals surface area contributed by atoms with E-state index < -0.39 is 30.9 Å². The van der Waals surface area contributed by atoms with Gasteiger partial charge in [-0.2, -0.15) is 23.7 Å². The zero-order valence-corrected chi connectivity index (χ0v) is 29.3. The Morgan fingerprint density at radius 2 is 0.962 bits per heavy atom. The molecule has 0 aromatic heterocycles. The number of alkyl halides is 3. The average molecular weight is 761 g/mol. The van der Waals surface area contributed by atoms with Gasteiger partial charge in [0.1, 0.15) is 11.6 Å². The van der Waals surface area contributed by atoms with Crippen LogP contribution >= 0.6 is 0 Å². The Bertz CT molecular complexity index is 2290. The van der Waals surface area contributed by atoms with Crippen LogP contribution in [-0.2, 0) is 36.9 Å². The summed E-state index contributed by atoms with van der Waals surface area (Å²) >= 11 is 0. The van der Waals surface area contributed by atoms with Crippen LogP contribution < -0.4 is 0 Å². The summed E-state index contributed by atoms with van der Waals surface area (Å²) in [6, 6.07) is 32.7. The van der Waals surface area contributed by atoms with Gasteiger partial charge in [0.05, 0.1) is 40.5 Å². The SMILES string of the molecule is N#Cc1ccc(CS(=O)(=O)Cc2ccc(C#N)cc2/C=C/c2ccc(F)cc2)c(C=Cc2ccc(F)cc2)c1.O=S(=O)(Cc1ccccc1)C(F)(F)F. The highest BCUT2D eigenvalue weighted by Crippen LogP contribution is 2.27. The summed E-state index contributed by atoms with van der Waals surface area (Å²) in [5, 5.41) is 18.7. The first-order chi connectivity index (χ1) is 25.1. The van der Waals surface area contributed by atoms with Gasteiger partial charge < -0.3 is 0 Å². The highest BCUT2D eigenvalue weighted by atomic mass is 32.2. The number of sulfone groups is 2. The Balaban J connectivity index is 0.000000376. The lowest BCUT2D eigenvalue weighted by Gasteiger charge is -2.11. The van der Waals surface area contributed by atoms with Crippen LogP contribution in [0.3, 0.4) is 0 Å². The molecule has 0 heterocycles. The van der Waals surface area contributed by atoms with Crippen molar-refractivity contribution in [3.8, 4) is 12.1 Å². The lowest BCUT2D eigenvalue weighted by atomic mass is 10.0. The van der Waals surface area contributed by atoms with Gasteiger partial charge in [-0.05, 0) is 87.5 Å². The molecule has 6 nitrogen and oxygen atoms in total. The van der Waals surface area contributed by atoms with Crippen molar-refractivity contribution < 1.29 is 38.8 Å². The summed E-state index contributed by atoms with van der Waals surface area (Å²) in [6.45, 7) is 0. The van der Waals surface area contributed by atoms with Crippen LogP contribution in [0, 0.1) is 34.3 Å². The van der Waals surface area contributed by atoms with Gasteiger partial charge in [-0.15, -0.1) is 0 Å². The second-order valence-corrected chi connectivity index (χ2v) is 15.6. The van der Waals surface area contributed by atoms with E-state index in [0.717, 1.165) is 11.1 Å². The number of nitrogens with zero attached hydrogens (tertiary/aromatic N) is 2. The number of hydrogen-bond donors (Lipinski definition) is 0. The third kappa shape index (κ3) is 12.1. The number of halogens is 5. The molecular weight excluding hydrogens is 732 g/mol. The molecule has 0 saturated heterocycles. The minimum Gasteiger partial charge on any atom is -0.228 e. The zero-order chi connectivity index (χ0) is 38.6. The Morgan fingerprint density at radius 3 is 1.34 bits per heavy atom. The van der Waals surface area contributed by atoms with Crippen molar-refractivity contribution in [2.45, 2.75) is 22.8 Å². The molecule has 0 bridgehead atoms. The van der Waals surface area contributed by atoms with Gasteiger partial charge in [0.25, 0.3) is 9.84 Å². The summed E-state index contributed by atoms with van der Waals surface area (Å²) < 4.78 is 110. The molecule has 5 aromatic carbocycles. The fourth-order valence-electron chi connectivity index (χ4n) is 4.82. The van der Waals surface area contributed by atoms with Crippen LogP contribution in [0.4, 0.5) is 22.0 Å². The van der Waals surface area contributed by atoms with Crippen molar-refractivity contribution in [2.24, 2.45) is 0 Å². The van der Waals surface area contributed by atoms with E-state index in [2.05, 4.69) is 12.1 Å². The molecule has 5 aromatic rings. The molecule has 0 radical (unpaired) electrons. The Morgan fingerprint density at radius 1 is 0.547 bits per heavy atom. The minimum atomic E-state index is -5.18. The second-order valence-electron chi connectivity index (χ2n) is 11.5. The van der Waals surface area contributed by atoms with Crippen molar-refractivity contribution in [1.82, 2.24) is 0 Å². The summed E-state index contributed by atoms with van der Waals surface area (Å²) in [7, 11) is -8.73. The van der Waals surface area contributed by atoms with Gasteiger partial charge in [-0.1, -0.05) is 91.0 Å². The maximum absolute atomic E-state index is 13.3. The van der Waals surface area contributed by atoms with Crippen LogP contribution in [-0.4, -0.2) is 22.3 Å². The molecule has 0 saturated carbocycles. The molecule has 5 rings (SSSR count). The highest BCUT2D eigenvalue weighted by molar-refractivity contribution is 7.91. The fraction of sp³-hybridized carbons (Fsp3) is 0.100. The number of rotatable bonds is 10. The normalized spacial score (nSPS) is 11.8. The molecule has 13 heteroatoms. The molecular formula is C40H29F5N2O4S2. The van der Waals surface area contributed by atoms with Crippen LogP contribution in [0.1, 0.15) is 50.1 Å². The van der Waals surface area contributed by atoms with Crippen LogP contribution in [0.15, 0.2) is 115 Å². The smallest absolute Gasteiger partial charge is 0.228 e. The van der Waals surface area contributed by atoms with E-state index in [1.807, 2.05) is 0 Å². The maximum Gasteiger partial charge on any atom is 0.497 e. The summed E-state index contributed by atoms with van der Waals surface area (Å²) in [6.07, 6.45) is 6.87. The Hall–Kier alpha value is -5.89. The molecule has 0 aliphatic carbocycles. The monoisotopic (exact) mass is 760 g/mol. The van der Waals surface area contributed by atoms with Crippen molar-refractivity contribution in [1.29, 1.82) is 10.5 Å². The van der Waals surface area contributed by atoms with Gasteiger partial charge in [0.2, 0.25) is 0 Å². The third-order valence-electron chi connectivity index (χ3n) is 7.50. The molecule has 0 aliphatic heterocycles. The van der Waals surface area contributed by atoms with E-state index >= 15 is 0 Å². The lowest BCUT2D eigenvalue weighted by molar-refractivity contribution is -0.0437. The molecule has 0 fully saturated rings. The van der Waals surface area contributed by atoms with Crippen LogP contribution in [0.25, 0.3) is 24.3 Å². The van der Waals surface area contributed by atoms with Crippen molar-refractivity contribution in [2.75, 3.05) is 0 Å². The molecule has 0 unspecified atom stereocenters. The van der Waals surface area contributed by atoms with Crippen molar-refractivity contribution in [3.63, 3.8) is 0 Å². The largest absolute Gasteiger partial charge is 0.497 e. The van der Waals surface area contributed by atoms with E-state index in [1.54, 1.807) is 91.0 Å². The van der Waals surface area contributed by atoms with E-state index in [0.29, 0.717) is 33.4 Å². The average Bonchev–Trinajstić information content (AvgIpc) is 3.12. The Kier molecular flexibility index (Phi) is 13.2. The summed E-state index contributed by atoms with van der Waals surface area (Å²) in [5.41, 5.74) is -0.658. The number of nitriles is 2. The predicted octanol–water partition coefficient (Wildman–Crippen LogP) is 9.29. The first-order valence-corrected chi connectivity index (χ1v) is 19.0. The predicted molar refractivity (Wildman–Crippen MR) is 194 cm³/mol. The van der Waals surface area contributed by atoms with Crippen molar-refractivity contribution in [3.05, 3.63) is 177 Å². The molecule has 0 spiro atoms. The van der Waals surface area contributed by atoms with E-state index in [9.17, 15) is 49.3 Å². The van der Waals surface area contributed by atoms with E-state index in [-0.39, 0.29) is 28.7 Å². The fourth-order valence-corrected chi connectivity index (χ4v) is 7.19. The topological polar surface area (TPSA) is 116 Å². The van der Waals surface area contributed by atoms with Gasteiger partial charge in [0.15, 0.2) is 9.84 Å². The van der Waals surface area contributed by atoms with Gasteiger partial charge in [0, 0.05) is 0 Å². The maximum atomic E-state index is 13.3. The van der Waals surface area contributed by atoms with E-state index in [4.69, 9.17) is 0 Å². The second kappa shape index (κ2) is 17.6. The summed E-state index contributed by atoms with van der Waals surface area (Å²) in [5.74, 6) is -2.27. The highest BCUT2D eigenvalue weighted by Gasteiger charge is 2.45. The van der Waals surface area contributed by atoms with Gasteiger partial charge in [-0.25, -0.2) is 25.6 Å². The number of benzene rings is 5. The molecule has 0 atom stereocenters. The Labute approximate surface area is 304 Å². The first-order valence-electron chi connectivity index (χ1n) is 15.5. The van der Waals surface area contributed by atoms with Crippen LogP contribution in [0.5, 0.6) is 0 Å².